The molecule has 0 radical (unpaired) electrons. The number of rotatable bonds is 4. The third-order valence-corrected chi connectivity index (χ3v) is 2.59. The minimum Gasteiger partial charge on any atom is -0.480 e. The average molecular weight is 238 g/mol. The molecule has 4 heteroatoms. The lowest BCUT2D eigenvalue weighted by Gasteiger charge is -2.13. The number of hydrogen-bond acceptors (Lipinski definition) is 2. The molecule has 2 N–H and O–H groups in total. The Morgan fingerprint density at radius 3 is 2.88 bits per heavy atom. The molecule has 3 nitrogen and oxygen atoms in total. The van der Waals surface area contributed by atoms with E-state index >= 15 is 0 Å². The molecular weight excluding hydrogens is 226 g/mol. The molecule has 1 aromatic carbocycles. The number of terminal acetylenes is 1. The summed E-state index contributed by atoms with van der Waals surface area (Å²) in [6, 6.07) is 4.32. The lowest BCUT2D eigenvalue weighted by atomic mass is 10.1. The highest BCUT2D eigenvalue weighted by Crippen LogP contribution is 2.21. The van der Waals surface area contributed by atoms with Crippen LogP contribution >= 0.6 is 11.6 Å². The largest absolute Gasteiger partial charge is 0.480 e. The summed E-state index contributed by atoms with van der Waals surface area (Å²) in [7, 11) is 0. The van der Waals surface area contributed by atoms with Gasteiger partial charge in [-0.1, -0.05) is 29.7 Å². The number of aliphatic carboxylic acids is 1. The van der Waals surface area contributed by atoms with Crippen LogP contribution in [0.5, 0.6) is 0 Å². The van der Waals surface area contributed by atoms with Gasteiger partial charge >= 0.3 is 5.97 Å². The second-order valence-corrected chi connectivity index (χ2v) is 3.77. The van der Waals surface area contributed by atoms with Gasteiger partial charge in [-0.15, -0.1) is 6.42 Å². The SMILES string of the molecule is C#CCNC(C(=O)O)c1ccc(C)c(Cl)c1. The highest BCUT2D eigenvalue weighted by atomic mass is 35.5. The number of carboxylic acids is 1. The lowest BCUT2D eigenvalue weighted by Crippen LogP contribution is -2.28. The first-order valence-corrected chi connectivity index (χ1v) is 5.09. The van der Waals surface area contributed by atoms with E-state index in [4.69, 9.17) is 23.1 Å². The predicted octanol–water partition coefficient (Wildman–Crippen LogP) is 2.00. The summed E-state index contributed by atoms with van der Waals surface area (Å²) in [5.41, 5.74) is 1.50. The van der Waals surface area contributed by atoms with Crippen molar-refractivity contribution in [1.82, 2.24) is 5.32 Å². The van der Waals surface area contributed by atoms with E-state index in [1.54, 1.807) is 18.2 Å². The fourth-order valence-corrected chi connectivity index (χ4v) is 1.49. The summed E-state index contributed by atoms with van der Waals surface area (Å²) in [5.74, 6) is 1.36. The van der Waals surface area contributed by atoms with Crippen LogP contribution in [0.2, 0.25) is 5.02 Å². The van der Waals surface area contributed by atoms with Crippen molar-refractivity contribution in [3.63, 3.8) is 0 Å². The van der Waals surface area contributed by atoms with Crippen LogP contribution in [0.25, 0.3) is 0 Å². The van der Waals surface area contributed by atoms with E-state index in [-0.39, 0.29) is 6.54 Å². The number of nitrogens with one attached hydrogen (secondary N) is 1. The lowest BCUT2D eigenvalue weighted by molar-refractivity contribution is -0.139. The smallest absolute Gasteiger partial charge is 0.325 e. The van der Waals surface area contributed by atoms with Gasteiger partial charge in [0.25, 0.3) is 0 Å². The van der Waals surface area contributed by atoms with Gasteiger partial charge in [-0.05, 0) is 24.1 Å². The van der Waals surface area contributed by atoms with Gasteiger partial charge in [0, 0.05) is 5.02 Å². The molecule has 16 heavy (non-hydrogen) atoms. The normalized spacial score (nSPS) is 11.8. The summed E-state index contributed by atoms with van der Waals surface area (Å²) in [6.45, 7) is 2.05. The Bertz CT molecular complexity index is 437. The van der Waals surface area contributed by atoms with Crippen LogP contribution in [0.1, 0.15) is 17.2 Å². The molecule has 0 amide bonds. The Balaban J connectivity index is 2.97. The van der Waals surface area contributed by atoms with Crippen molar-refractivity contribution in [2.24, 2.45) is 0 Å². The minimum atomic E-state index is -0.977. The first-order valence-electron chi connectivity index (χ1n) is 4.72. The van der Waals surface area contributed by atoms with Gasteiger partial charge in [-0.25, -0.2) is 0 Å². The van der Waals surface area contributed by atoms with Gasteiger partial charge in [-0.3, -0.25) is 10.1 Å². The van der Waals surface area contributed by atoms with Crippen LogP contribution in [0.15, 0.2) is 18.2 Å². The molecule has 1 rings (SSSR count). The van der Waals surface area contributed by atoms with Crippen molar-refractivity contribution in [2.45, 2.75) is 13.0 Å². The van der Waals surface area contributed by atoms with E-state index < -0.39 is 12.0 Å². The fraction of sp³-hybridized carbons (Fsp3) is 0.250. The molecule has 84 valence electrons. The van der Waals surface area contributed by atoms with E-state index in [0.29, 0.717) is 10.6 Å². The molecule has 0 aliphatic heterocycles. The summed E-state index contributed by atoms with van der Waals surface area (Å²) >= 11 is 5.94. The highest BCUT2D eigenvalue weighted by molar-refractivity contribution is 6.31. The molecule has 0 saturated heterocycles. The van der Waals surface area contributed by atoms with E-state index in [1.165, 1.54) is 0 Å². The first-order chi connectivity index (χ1) is 7.56. The monoisotopic (exact) mass is 237 g/mol. The predicted molar refractivity (Wildman–Crippen MR) is 63.4 cm³/mol. The van der Waals surface area contributed by atoms with Crippen LogP contribution < -0.4 is 5.32 Å². The van der Waals surface area contributed by atoms with Crippen molar-refractivity contribution in [3.05, 3.63) is 34.3 Å². The van der Waals surface area contributed by atoms with Crippen molar-refractivity contribution >= 4 is 17.6 Å². The number of carboxylic acid groups (broad SMARTS) is 1. The maximum Gasteiger partial charge on any atom is 0.325 e. The molecule has 0 fully saturated rings. The third-order valence-electron chi connectivity index (χ3n) is 2.18. The zero-order valence-electron chi connectivity index (χ0n) is 8.83. The van der Waals surface area contributed by atoms with Crippen molar-refractivity contribution in [1.29, 1.82) is 0 Å². The summed E-state index contributed by atoms with van der Waals surface area (Å²) in [4.78, 5) is 11.0. The molecule has 0 aromatic heterocycles. The Hall–Kier alpha value is -1.50. The van der Waals surface area contributed by atoms with Gasteiger partial charge in [0.05, 0.1) is 6.54 Å². The molecule has 1 atom stereocenters. The minimum absolute atomic E-state index is 0.197. The summed E-state index contributed by atoms with van der Waals surface area (Å²) in [5, 5.41) is 12.3. The zero-order chi connectivity index (χ0) is 12.1. The van der Waals surface area contributed by atoms with Crippen LogP contribution in [0.4, 0.5) is 0 Å². The number of aryl methyl sites for hydroxylation is 1. The number of carbonyl (C=O) groups is 1. The van der Waals surface area contributed by atoms with E-state index in [0.717, 1.165) is 5.56 Å². The molecule has 1 aromatic rings. The second-order valence-electron chi connectivity index (χ2n) is 3.36. The van der Waals surface area contributed by atoms with Crippen molar-refractivity contribution in [3.8, 4) is 12.3 Å². The summed E-state index contributed by atoms with van der Waals surface area (Å²) < 4.78 is 0. The summed E-state index contributed by atoms with van der Waals surface area (Å²) in [6.07, 6.45) is 5.08. The number of hydrogen-bond donors (Lipinski definition) is 2. The second kappa shape index (κ2) is 5.55. The maximum atomic E-state index is 11.0. The Morgan fingerprint density at radius 1 is 1.69 bits per heavy atom. The van der Waals surface area contributed by atoms with E-state index in [1.807, 2.05) is 6.92 Å². The van der Waals surface area contributed by atoms with E-state index in [2.05, 4.69) is 11.2 Å². The molecule has 1 unspecified atom stereocenters. The Labute approximate surface area is 99.4 Å². The quantitative estimate of drug-likeness (QED) is 0.788. The maximum absolute atomic E-state index is 11.0. The molecular formula is C12H12ClNO2. The highest BCUT2D eigenvalue weighted by Gasteiger charge is 2.18. The third kappa shape index (κ3) is 2.99. The molecule has 0 saturated carbocycles. The standard InChI is InChI=1S/C12H12ClNO2/c1-3-6-14-11(12(15)16)9-5-4-8(2)10(13)7-9/h1,4-5,7,11,14H,6H2,2H3,(H,15,16). The van der Waals surface area contributed by atoms with Gasteiger partial charge in [0.1, 0.15) is 6.04 Å². The molecule has 0 heterocycles. The van der Waals surface area contributed by atoms with Crippen molar-refractivity contribution in [2.75, 3.05) is 6.54 Å². The van der Waals surface area contributed by atoms with Crippen LogP contribution in [-0.2, 0) is 4.79 Å². The van der Waals surface area contributed by atoms with E-state index in [9.17, 15) is 4.79 Å². The Morgan fingerprint density at radius 2 is 2.38 bits per heavy atom. The molecule has 0 spiro atoms. The Kier molecular flexibility index (Phi) is 4.36. The van der Waals surface area contributed by atoms with Crippen LogP contribution in [0.3, 0.4) is 0 Å². The van der Waals surface area contributed by atoms with Crippen LogP contribution in [-0.4, -0.2) is 17.6 Å². The topological polar surface area (TPSA) is 49.3 Å². The zero-order valence-corrected chi connectivity index (χ0v) is 9.58. The van der Waals surface area contributed by atoms with Gasteiger partial charge in [0.2, 0.25) is 0 Å². The molecule has 0 bridgehead atoms. The van der Waals surface area contributed by atoms with Gasteiger partial charge in [-0.2, -0.15) is 0 Å². The number of benzene rings is 1. The van der Waals surface area contributed by atoms with Gasteiger partial charge in [0.15, 0.2) is 0 Å². The number of halogens is 1. The van der Waals surface area contributed by atoms with Crippen LogP contribution in [0, 0.1) is 19.3 Å². The average Bonchev–Trinajstić information content (AvgIpc) is 2.23. The molecule has 0 aliphatic rings. The molecule has 0 aliphatic carbocycles. The fourth-order valence-electron chi connectivity index (χ4n) is 1.30. The van der Waals surface area contributed by atoms with Crippen molar-refractivity contribution < 1.29 is 9.90 Å². The first kappa shape index (κ1) is 12.6. The van der Waals surface area contributed by atoms with Gasteiger partial charge < -0.3 is 5.11 Å².